The lowest BCUT2D eigenvalue weighted by atomic mass is 10.1. The fraction of sp³-hybridized carbons (Fsp3) is 0.389. The number of hydrogen-bond acceptors (Lipinski definition) is 6. The molecule has 0 heterocycles. The predicted octanol–water partition coefficient (Wildman–Crippen LogP) is 13.6. The Kier molecular flexibility index (Phi) is 35.5. The fourth-order valence-electron chi connectivity index (χ4n) is 2.61. The monoisotopic (exact) mass is 578 g/mol. The summed E-state index contributed by atoms with van der Waals surface area (Å²) < 4.78 is 0. The van der Waals surface area contributed by atoms with E-state index >= 15 is 0 Å². The molecule has 0 radical (unpaired) electrons. The van der Waals surface area contributed by atoms with Crippen LogP contribution < -0.4 is 0 Å². The largest absolute Gasteiger partial charge is 0.506 e. The van der Waals surface area contributed by atoms with Crippen molar-refractivity contribution in [2.75, 3.05) is 7.05 Å². The SMILES string of the molecule is C.CC.CC.CC.CCC.CCC.CN=Nc1ccccc1.Oc1ccccc1N=Nc1c(O)ccc2ccccc12. The number of azo groups is 2. The van der Waals surface area contributed by atoms with Gasteiger partial charge in [-0.1, -0.05) is 150 Å². The molecular formula is C36H58N4O2. The molecule has 4 rings (SSSR count). The highest BCUT2D eigenvalue weighted by molar-refractivity contribution is 5.95. The Balaban J connectivity index is -0.000000276. The van der Waals surface area contributed by atoms with Crippen molar-refractivity contribution >= 4 is 27.8 Å². The molecular weight excluding hydrogens is 520 g/mol. The Morgan fingerprint density at radius 2 is 1.00 bits per heavy atom. The van der Waals surface area contributed by atoms with Gasteiger partial charge in [-0.15, -0.1) is 10.2 Å². The first-order valence-corrected chi connectivity index (χ1v) is 14.8. The van der Waals surface area contributed by atoms with Crippen molar-refractivity contribution in [1.82, 2.24) is 0 Å². The zero-order valence-electron chi connectivity index (χ0n) is 27.3. The van der Waals surface area contributed by atoms with Crippen molar-refractivity contribution in [3.63, 3.8) is 0 Å². The maximum atomic E-state index is 9.94. The fourth-order valence-corrected chi connectivity index (χ4v) is 2.61. The average molecular weight is 579 g/mol. The molecule has 0 atom stereocenters. The number of para-hydroxylation sites is 1. The Morgan fingerprint density at radius 1 is 0.524 bits per heavy atom. The normalized spacial score (nSPS) is 8.83. The van der Waals surface area contributed by atoms with E-state index in [9.17, 15) is 10.2 Å². The Morgan fingerprint density at radius 3 is 1.52 bits per heavy atom. The summed E-state index contributed by atoms with van der Waals surface area (Å²) in [5, 5.41) is 36.9. The third kappa shape index (κ3) is 19.9. The van der Waals surface area contributed by atoms with E-state index in [1.165, 1.54) is 18.9 Å². The second-order valence-corrected chi connectivity index (χ2v) is 7.39. The van der Waals surface area contributed by atoms with Gasteiger partial charge in [0, 0.05) is 12.4 Å². The molecule has 0 aliphatic heterocycles. The lowest BCUT2D eigenvalue weighted by Gasteiger charge is -2.03. The molecule has 0 amide bonds. The third-order valence-corrected chi connectivity index (χ3v) is 3.99. The first kappa shape index (κ1) is 44.9. The molecule has 4 aromatic rings. The minimum atomic E-state index is 0. The van der Waals surface area contributed by atoms with Gasteiger partial charge in [0.05, 0.1) is 5.69 Å². The smallest absolute Gasteiger partial charge is 0.143 e. The van der Waals surface area contributed by atoms with E-state index in [1.54, 1.807) is 31.3 Å². The zero-order valence-corrected chi connectivity index (χ0v) is 27.3. The van der Waals surface area contributed by atoms with Gasteiger partial charge >= 0.3 is 0 Å². The summed E-state index contributed by atoms with van der Waals surface area (Å²) in [5.74, 6) is 0.110. The van der Waals surface area contributed by atoms with Gasteiger partial charge in [0.2, 0.25) is 0 Å². The highest BCUT2D eigenvalue weighted by Gasteiger charge is 2.06. The predicted molar refractivity (Wildman–Crippen MR) is 187 cm³/mol. The van der Waals surface area contributed by atoms with E-state index in [4.69, 9.17) is 0 Å². The maximum absolute atomic E-state index is 9.94. The molecule has 0 aliphatic carbocycles. The van der Waals surface area contributed by atoms with Crippen molar-refractivity contribution < 1.29 is 10.2 Å². The molecule has 0 spiro atoms. The molecule has 0 saturated carbocycles. The van der Waals surface area contributed by atoms with Crippen LogP contribution in [0.4, 0.5) is 17.1 Å². The van der Waals surface area contributed by atoms with Crippen molar-refractivity contribution in [3.05, 3.63) is 91.0 Å². The summed E-state index contributed by atoms with van der Waals surface area (Å²) in [6.45, 7) is 20.5. The number of phenols is 2. The standard InChI is InChI=1S/C16H12N2O2.C7H8N2.2C3H8.3C2H6.CH4/c19-14-8-4-3-7-13(14)17-18-16-12-6-2-1-5-11(12)9-10-15(16)20;1-8-9-7-5-3-2-4-6-7;2*1-3-2;3*1-2;/h1-10,19-20H;2-6H,1H3;2*3H2,1-2H3;3*1-2H3;1H4. The van der Waals surface area contributed by atoms with Gasteiger partial charge in [0.15, 0.2) is 0 Å². The van der Waals surface area contributed by atoms with Crippen molar-refractivity contribution in [3.8, 4) is 11.5 Å². The van der Waals surface area contributed by atoms with Crippen LogP contribution in [0.1, 0.15) is 89.5 Å². The highest BCUT2D eigenvalue weighted by Crippen LogP contribution is 2.37. The molecule has 234 valence electrons. The van der Waals surface area contributed by atoms with Crippen LogP contribution >= 0.6 is 0 Å². The van der Waals surface area contributed by atoms with Gasteiger partial charge in [-0.3, -0.25) is 0 Å². The van der Waals surface area contributed by atoms with E-state index in [0.29, 0.717) is 11.4 Å². The van der Waals surface area contributed by atoms with Crippen LogP contribution in [0, 0.1) is 0 Å². The van der Waals surface area contributed by atoms with Crippen molar-refractivity contribution in [2.45, 2.75) is 89.5 Å². The molecule has 0 fully saturated rings. The number of rotatable bonds is 3. The summed E-state index contributed by atoms with van der Waals surface area (Å²) in [5.41, 5.74) is 1.66. The summed E-state index contributed by atoms with van der Waals surface area (Å²) in [7, 11) is 1.66. The third-order valence-electron chi connectivity index (χ3n) is 3.99. The lowest BCUT2D eigenvalue weighted by Crippen LogP contribution is -1.74. The first-order chi connectivity index (χ1) is 20.0. The molecule has 6 nitrogen and oxygen atoms in total. The Bertz CT molecular complexity index is 1180. The van der Waals surface area contributed by atoms with Gasteiger partial charge in [0.25, 0.3) is 0 Å². The van der Waals surface area contributed by atoms with Gasteiger partial charge < -0.3 is 10.2 Å². The van der Waals surface area contributed by atoms with Gasteiger partial charge in [-0.25, -0.2) is 0 Å². The number of phenolic OH excluding ortho intramolecular Hbond substituents is 2. The maximum Gasteiger partial charge on any atom is 0.143 e. The van der Waals surface area contributed by atoms with Crippen LogP contribution in [-0.2, 0) is 0 Å². The van der Waals surface area contributed by atoms with Gasteiger partial charge in [0.1, 0.15) is 22.9 Å². The molecule has 4 aromatic carbocycles. The van der Waals surface area contributed by atoms with E-state index in [2.05, 4.69) is 48.2 Å². The molecule has 0 saturated heterocycles. The minimum Gasteiger partial charge on any atom is -0.506 e. The van der Waals surface area contributed by atoms with Crippen LogP contribution in [0.5, 0.6) is 11.5 Å². The van der Waals surface area contributed by atoms with Crippen molar-refractivity contribution in [1.29, 1.82) is 0 Å². The molecule has 0 aliphatic rings. The van der Waals surface area contributed by atoms with Crippen LogP contribution in [0.2, 0.25) is 0 Å². The number of fused-ring (bicyclic) bond motifs is 1. The first-order valence-electron chi connectivity index (χ1n) is 14.8. The van der Waals surface area contributed by atoms with Crippen molar-refractivity contribution in [2.24, 2.45) is 20.5 Å². The molecule has 42 heavy (non-hydrogen) atoms. The molecule has 2 N–H and O–H groups in total. The van der Waals surface area contributed by atoms with Crippen LogP contribution in [0.15, 0.2) is 111 Å². The van der Waals surface area contributed by atoms with E-state index < -0.39 is 0 Å². The van der Waals surface area contributed by atoms with Crippen LogP contribution in [-0.4, -0.2) is 17.3 Å². The topological polar surface area (TPSA) is 89.9 Å². The van der Waals surface area contributed by atoms with Crippen LogP contribution in [0.25, 0.3) is 10.8 Å². The Labute approximate surface area is 257 Å². The second-order valence-electron chi connectivity index (χ2n) is 7.39. The highest BCUT2D eigenvalue weighted by atomic mass is 16.3. The molecule has 6 heteroatoms. The summed E-state index contributed by atoms with van der Waals surface area (Å²) in [6.07, 6.45) is 2.50. The quantitative estimate of drug-likeness (QED) is 0.237. The zero-order chi connectivity index (χ0) is 31.9. The van der Waals surface area contributed by atoms with Gasteiger partial charge in [-0.2, -0.15) is 10.2 Å². The molecule has 0 bridgehead atoms. The molecule has 0 unspecified atom stereocenters. The minimum absolute atomic E-state index is 0. The van der Waals surface area contributed by atoms with E-state index in [-0.39, 0.29) is 18.9 Å². The number of benzene rings is 4. The average Bonchev–Trinajstić information content (AvgIpc) is 3.02. The summed E-state index contributed by atoms with van der Waals surface area (Å²) in [6, 6.07) is 27.3. The lowest BCUT2D eigenvalue weighted by molar-refractivity contribution is 0.474. The van der Waals surface area contributed by atoms with E-state index in [1.807, 2.05) is 102 Å². The molecule has 0 aromatic heterocycles. The van der Waals surface area contributed by atoms with Gasteiger partial charge in [-0.05, 0) is 35.7 Å². The number of nitrogens with zero attached hydrogens (tertiary/aromatic N) is 4. The number of aromatic hydroxyl groups is 2. The number of hydrogen-bond donors (Lipinski definition) is 2. The van der Waals surface area contributed by atoms with E-state index in [0.717, 1.165) is 16.5 Å². The van der Waals surface area contributed by atoms with Crippen LogP contribution in [0.3, 0.4) is 0 Å². The summed E-state index contributed by atoms with van der Waals surface area (Å²) >= 11 is 0. The second kappa shape index (κ2) is 33.1. The Hall–Kier alpha value is -4.06. The summed E-state index contributed by atoms with van der Waals surface area (Å²) in [4.78, 5) is 0.